The van der Waals surface area contributed by atoms with Gasteiger partial charge in [0.1, 0.15) is 24.1 Å². The Morgan fingerprint density at radius 2 is 2.31 bits per heavy atom. The van der Waals surface area contributed by atoms with Crippen molar-refractivity contribution in [1.29, 1.82) is 0 Å². The van der Waals surface area contributed by atoms with Crippen LogP contribution >= 0.6 is 20.0 Å². The molecule has 2 aromatic heterocycles. The van der Waals surface area contributed by atoms with Gasteiger partial charge >= 0.3 is 35.5 Å². The SMILES string of the molecule is CCCC(=O)O[C@@H]1[C@@H]2OP(=O)([O-])OC[C@H]2O[C@H]1n1c(=S)[nH]c2c(N)ncnc21.[Na+]. The maximum atomic E-state index is 12.2. The fourth-order valence-electron chi connectivity index (χ4n) is 3.25. The molecule has 0 saturated carbocycles. The number of fused-ring (bicyclic) bond motifs is 2. The van der Waals surface area contributed by atoms with Gasteiger partial charge in [-0.1, -0.05) is 6.92 Å². The summed E-state index contributed by atoms with van der Waals surface area (Å²) >= 11 is 5.35. The van der Waals surface area contributed by atoms with E-state index in [1.165, 1.54) is 10.9 Å². The molecule has 1 unspecified atom stereocenters. The van der Waals surface area contributed by atoms with Gasteiger partial charge in [-0.15, -0.1) is 0 Å². The van der Waals surface area contributed by atoms with E-state index in [0.29, 0.717) is 17.6 Å². The van der Waals surface area contributed by atoms with Crippen LogP contribution in [0.4, 0.5) is 5.82 Å². The summed E-state index contributed by atoms with van der Waals surface area (Å²) in [6.45, 7) is 1.55. The van der Waals surface area contributed by atoms with Gasteiger partial charge in [0.2, 0.25) is 0 Å². The first-order valence-electron chi connectivity index (χ1n) is 8.50. The molecule has 12 nitrogen and oxygen atoms in total. The van der Waals surface area contributed by atoms with Crippen LogP contribution in [0.3, 0.4) is 0 Å². The Kier molecular flexibility index (Phi) is 6.83. The minimum absolute atomic E-state index is 0. The van der Waals surface area contributed by atoms with Crippen molar-refractivity contribution in [2.45, 2.75) is 44.3 Å². The molecule has 2 saturated heterocycles. The van der Waals surface area contributed by atoms with E-state index in [1.807, 2.05) is 6.92 Å². The first kappa shape index (κ1) is 22.8. The number of nitrogens with zero attached hydrogens (tertiary/aromatic N) is 3. The zero-order chi connectivity index (χ0) is 20.1. The van der Waals surface area contributed by atoms with Gasteiger partial charge in [0.15, 0.2) is 28.6 Å². The van der Waals surface area contributed by atoms with Crippen LogP contribution in [0.2, 0.25) is 0 Å². The number of aromatic amines is 1. The van der Waals surface area contributed by atoms with Gasteiger partial charge in [0.25, 0.3) is 7.82 Å². The molecule has 15 heteroatoms. The fourth-order valence-corrected chi connectivity index (χ4v) is 4.49. The third-order valence-corrected chi connectivity index (χ3v) is 5.71. The Morgan fingerprint density at radius 3 is 3.03 bits per heavy atom. The van der Waals surface area contributed by atoms with Crippen LogP contribution in [0.1, 0.15) is 26.0 Å². The monoisotopic (exact) mass is 453 g/mol. The summed E-state index contributed by atoms with van der Waals surface area (Å²) in [5.41, 5.74) is 6.56. The summed E-state index contributed by atoms with van der Waals surface area (Å²) < 4.78 is 34.6. The Balaban J connectivity index is 0.00000240. The average Bonchev–Trinajstić information content (AvgIpc) is 3.12. The predicted octanol–water partition coefficient (Wildman–Crippen LogP) is -2.43. The van der Waals surface area contributed by atoms with Crippen LogP contribution in [0.15, 0.2) is 6.33 Å². The van der Waals surface area contributed by atoms with Crippen molar-refractivity contribution in [1.82, 2.24) is 19.5 Å². The molecule has 0 radical (unpaired) electrons. The number of carbonyl (C=O) groups is 1. The van der Waals surface area contributed by atoms with Crippen LogP contribution in [0.5, 0.6) is 0 Å². The summed E-state index contributed by atoms with van der Waals surface area (Å²) in [5.74, 6) is -0.341. The van der Waals surface area contributed by atoms with Crippen LogP contribution in [-0.4, -0.2) is 50.4 Å². The van der Waals surface area contributed by atoms with Crippen LogP contribution < -0.4 is 40.2 Å². The van der Waals surface area contributed by atoms with Crippen molar-refractivity contribution >= 4 is 43.0 Å². The largest absolute Gasteiger partial charge is 1.00 e. The van der Waals surface area contributed by atoms with E-state index in [-0.39, 0.29) is 53.2 Å². The van der Waals surface area contributed by atoms with Crippen molar-refractivity contribution in [2.24, 2.45) is 0 Å². The number of hydrogen-bond acceptors (Lipinski definition) is 11. The summed E-state index contributed by atoms with van der Waals surface area (Å²) in [6, 6.07) is 0. The number of ether oxygens (including phenoxy) is 2. The molecule has 2 fully saturated rings. The molecule has 0 aliphatic carbocycles. The van der Waals surface area contributed by atoms with Crippen molar-refractivity contribution in [3.05, 3.63) is 11.1 Å². The van der Waals surface area contributed by atoms with Gasteiger partial charge in [-0.3, -0.25) is 13.9 Å². The summed E-state index contributed by atoms with van der Waals surface area (Å²) in [4.78, 5) is 34.9. The smallest absolute Gasteiger partial charge is 0.756 e. The first-order valence-corrected chi connectivity index (χ1v) is 10.4. The minimum Gasteiger partial charge on any atom is -0.756 e. The topological polar surface area (TPSA) is 167 Å². The van der Waals surface area contributed by atoms with E-state index >= 15 is 0 Å². The van der Waals surface area contributed by atoms with Gasteiger partial charge in [-0.25, -0.2) is 9.97 Å². The Labute approximate surface area is 192 Å². The van der Waals surface area contributed by atoms with Crippen molar-refractivity contribution in [3.63, 3.8) is 0 Å². The van der Waals surface area contributed by atoms with Crippen LogP contribution in [0, 0.1) is 4.77 Å². The molecule has 0 amide bonds. The van der Waals surface area contributed by atoms with Gasteiger partial charge in [-0.05, 0) is 18.6 Å². The Morgan fingerprint density at radius 1 is 1.55 bits per heavy atom. The van der Waals surface area contributed by atoms with Crippen LogP contribution in [-0.2, 0) is 27.9 Å². The number of phosphoric ester groups is 1. The molecule has 0 spiro atoms. The molecular weight excluding hydrogens is 436 g/mol. The second kappa shape index (κ2) is 8.69. The fraction of sp³-hybridized carbons (Fsp3) is 0.571. The molecule has 2 aliphatic heterocycles. The number of nitrogens with one attached hydrogen (secondary N) is 1. The molecule has 3 N–H and O–H groups in total. The number of aromatic nitrogens is 4. The van der Waals surface area contributed by atoms with E-state index in [9.17, 15) is 14.3 Å². The number of phosphoric acid groups is 1. The molecular formula is C14H17N5NaO7PS. The van der Waals surface area contributed by atoms with Crippen molar-refractivity contribution in [3.8, 4) is 0 Å². The van der Waals surface area contributed by atoms with E-state index < -0.39 is 38.3 Å². The molecule has 4 heterocycles. The summed E-state index contributed by atoms with van der Waals surface area (Å²) in [7, 11) is -4.53. The molecule has 5 atom stereocenters. The molecule has 4 rings (SSSR count). The molecule has 0 bridgehead atoms. The Hall–Kier alpha value is -0.890. The minimum atomic E-state index is -4.53. The molecule has 2 aromatic rings. The maximum absolute atomic E-state index is 12.2. The number of nitrogen functional groups attached to an aromatic ring is 1. The standard InChI is InChI=1S/C14H18N5O7PS.Na/c1-2-3-7(20)25-10-9-6(4-23-27(21,22)26-9)24-13(10)19-12-8(18-14(19)28)11(15)16-5-17-12;/h5-6,9-10,13H,2-4H2,1H3,(H,18,28)(H,21,22)(H2,15,16,17);/q;+1/p-1/t6-,9-,10-,13-;/m1./s1. The third kappa shape index (κ3) is 4.29. The number of carbonyl (C=O) groups excluding carboxylic acids is 1. The molecule has 2 aliphatic rings. The number of anilines is 1. The molecule has 0 aromatic carbocycles. The Bertz CT molecular complexity index is 1030. The second-order valence-electron chi connectivity index (χ2n) is 6.34. The number of imidazole rings is 1. The van der Waals surface area contributed by atoms with Crippen molar-refractivity contribution < 1.29 is 62.3 Å². The summed E-state index contributed by atoms with van der Waals surface area (Å²) in [6.07, 6.45) is -1.97. The van der Waals surface area contributed by atoms with E-state index in [0.717, 1.165) is 0 Å². The summed E-state index contributed by atoms with van der Waals surface area (Å²) in [5, 5.41) is 0. The molecule has 29 heavy (non-hydrogen) atoms. The number of nitrogens with two attached hydrogens (primary N) is 1. The van der Waals surface area contributed by atoms with Gasteiger partial charge < -0.3 is 34.1 Å². The van der Waals surface area contributed by atoms with E-state index in [1.54, 1.807) is 0 Å². The maximum Gasteiger partial charge on any atom is 1.00 e. The average molecular weight is 453 g/mol. The number of esters is 1. The van der Waals surface area contributed by atoms with Gasteiger partial charge in [0, 0.05) is 6.42 Å². The zero-order valence-corrected chi connectivity index (χ0v) is 19.4. The number of rotatable bonds is 4. The normalized spacial score (nSPS) is 31.2. The third-order valence-electron chi connectivity index (χ3n) is 4.44. The van der Waals surface area contributed by atoms with Gasteiger partial charge in [0.05, 0.1) is 6.61 Å². The first-order chi connectivity index (χ1) is 13.3. The second-order valence-corrected chi connectivity index (χ2v) is 8.09. The zero-order valence-electron chi connectivity index (χ0n) is 15.6. The number of H-pyrrole nitrogens is 1. The van der Waals surface area contributed by atoms with Crippen molar-refractivity contribution in [2.75, 3.05) is 12.3 Å². The van der Waals surface area contributed by atoms with Crippen LogP contribution in [0.25, 0.3) is 11.2 Å². The quantitative estimate of drug-likeness (QED) is 0.219. The molecule has 152 valence electrons. The van der Waals surface area contributed by atoms with E-state index in [2.05, 4.69) is 15.0 Å². The van der Waals surface area contributed by atoms with E-state index in [4.69, 9.17) is 36.5 Å². The predicted molar refractivity (Wildman–Crippen MR) is 94.3 cm³/mol. The number of hydrogen-bond donors (Lipinski definition) is 2. The van der Waals surface area contributed by atoms with Gasteiger partial charge in [-0.2, -0.15) is 0 Å².